The molecule has 3 heteroatoms. The molecule has 0 aromatic carbocycles. The van der Waals surface area contributed by atoms with Crippen LogP contribution in [-0.4, -0.2) is 36.1 Å². The van der Waals surface area contributed by atoms with Gasteiger partial charge in [-0.2, -0.15) is 0 Å². The second-order valence-electron chi connectivity index (χ2n) is 3.52. The Morgan fingerprint density at radius 2 is 2.00 bits per heavy atom. The second kappa shape index (κ2) is 5.75. The Balaban J connectivity index is 3.81. The predicted octanol–water partition coefficient (Wildman–Crippen LogP) is 1.04. The molecule has 0 aliphatic heterocycles. The molecule has 0 saturated carbocycles. The van der Waals surface area contributed by atoms with E-state index < -0.39 is 0 Å². The van der Waals surface area contributed by atoms with E-state index in [0.29, 0.717) is 6.42 Å². The van der Waals surface area contributed by atoms with Gasteiger partial charge < -0.3 is 10.0 Å². The van der Waals surface area contributed by atoms with E-state index >= 15 is 0 Å². The van der Waals surface area contributed by atoms with Crippen LogP contribution in [0.25, 0.3) is 0 Å². The SMILES string of the molecule is CC(O)C(C)/C=C/CC(=O)N(C)C. The van der Waals surface area contributed by atoms with E-state index in [0.717, 1.165) is 0 Å². The lowest BCUT2D eigenvalue weighted by Crippen LogP contribution is -2.20. The van der Waals surface area contributed by atoms with Crippen LogP contribution in [0.3, 0.4) is 0 Å². The van der Waals surface area contributed by atoms with E-state index in [-0.39, 0.29) is 17.9 Å². The van der Waals surface area contributed by atoms with Crippen LogP contribution in [0, 0.1) is 5.92 Å². The fourth-order valence-electron chi connectivity index (χ4n) is 0.727. The first-order chi connectivity index (χ1) is 5.95. The molecular weight excluding hydrogens is 166 g/mol. The molecule has 0 fully saturated rings. The summed E-state index contributed by atoms with van der Waals surface area (Å²) in [6, 6.07) is 0. The van der Waals surface area contributed by atoms with Gasteiger partial charge in [0.1, 0.15) is 0 Å². The minimum Gasteiger partial charge on any atom is -0.393 e. The third-order valence-electron chi connectivity index (χ3n) is 1.99. The summed E-state index contributed by atoms with van der Waals surface area (Å²) in [6.07, 6.45) is 3.72. The number of rotatable bonds is 4. The highest BCUT2D eigenvalue weighted by atomic mass is 16.3. The minimum absolute atomic E-state index is 0.0778. The van der Waals surface area contributed by atoms with Crippen molar-refractivity contribution in [3.8, 4) is 0 Å². The summed E-state index contributed by atoms with van der Waals surface area (Å²) in [5.74, 6) is 0.184. The molecule has 1 N–H and O–H groups in total. The Morgan fingerprint density at radius 3 is 2.38 bits per heavy atom. The van der Waals surface area contributed by atoms with Crippen LogP contribution in [-0.2, 0) is 4.79 Å². The molecule has 2 atom stereocenters. The molecule has 0 heterocycles. The lowest BCUT2D eigenvalue weighted by Gasteiger charge is -2.10. The molecule has 0 radical (unpaired) electrons. The van der Waals surface area contributed by atoms with Crippen molar-refractivity contribution in [2.45, 2.75) is 26.4 Å². The molecule has 0 aromatic rings. The monoisotopic (exact) mass is 185 g/mol. The van der Waals surface area contributed by atoms with Gasteiger partial charge >= 0.3 is 0 Å². The van der Waals surface area contributed by atoms with Crippen LogP contribution >= 0.6 is 0 Å². The molecule has 0 aliphatic carbocycles. The number of carbonyl (C=O) groups excluding carboxylic acids is 1. The van der Waals surface area contributed by atoms with Crippen LogP contribution in [0.5, 0.6) is 0 Å². The van der Waals surface area contributed by atoms with Gasteiger partial charge in [-0.05, 0) is 12.8 Å². The van der Waals surface area contributed by atoms with Crippen molar-refractivity contribution >= 4 is 5.91 Å². The fraction of sp³-hybridized carbons (Fsp3) is 0.700. The summed E-state index contributed by atoms with van der Waals surface area (Å²) in [4.78, 5) is 12.7. The lowest BCUT2D eigenvalue weighted by atomic mass is 10.1. The summed E-state index contributed by atoms with van der Waals surface area (Å²) >= 11 is 0. The first-order valence-electron chi connectivity index (χ1n) is 4.50. The van der Waals surface area contributed by atoms with Gasteiger partial charge in [-0.25, -0.2) is 0 Å². The number of carbonyl (C=O) groups is 1. The molecule has 3 nitrogen and oxygen atoms in total. The maximum absolute atomic E-state index is 11.1. The number of hydrogen-bond donors (Lipinski definition) is 1. The Bertz CT molecular complexity index is 185. The molecule has 0 bridgehead atoms. The third-order valence-corrected chi connectivity index (χ3v) is 1.99. The second-order valence-corrected chi connectivity index (χ2v) is 3.52. The molecule has 0 rings (SSSR count). The Kier molecular flexibility index (Phi) is 5.39. The smallest absolute Gasteiger partial charge is 0.225 e. The summed E-state index contributed by atoms with van der Waals surface area (Å²) in [5.41, 5.74) is 0. The average molecular weight is 185 g/mol. The predicted molar refractivity (Wildman–Crippen MR) is 53.3 cm³/mol. The van der Waals surface area contributed by atoms with Crippen molar-refractivity contribution in [1.82, 2.24) is 4.90 Å². The molecule has 0 aromatic heterocycles. The summed E-state index contributed by atoms with van der Waals surface area (Å²) < 4.78 is 0. The number of aliphatic hydroxyl groups is 1. The minimum atomic E-state index is -0.356. The van der Waals surface area contributed by atoms with Gasteiger partial charge in [-0.3, -0.25) is 4.79 Å². The largest absolute Gasteiger partial charge is 0.393 e. The van der Waals surface area contributed by atoms with E-state index in [2.05, 4.69) is 0 Å². The van der Waals surface area contributed by atoms with Crippen molar-refractivity contribution in [2.75, 3.05) is 14.1 Å². The van der Waals surface area contributed by atoms with E-state index in [4.69, 9.17) is 5.11 Å². The molecule has 13 heavy (non-hydrogen) atoms. The van der Waals surface area contributed by atoms with Gasteiger partial charge in [0.2, 0.25) is 5.91 Å². The number of amides is 1. The van der Waals surface area contributed by atoms with Crippen molar-refractivity contribution in [3.63, 3.8) is 0 Å². The van der Waals surface area contributed by atoms with E-state index in [1.165, 1.54) is 0 Å². The summed E-state index contributed by atoms with van der Waals surface area (Å²) in [7, 11) is 3.46. The quantitative estimate of drug-likeness (QED) is 0.665. The van der Waals surface area contributed by atoms with Gasteiger partial charge in [-0.1, -0.05) is 19.1 Å². The summed E-state index contributed by atoms with van der Waals surface area (Å²) in [6.45, 7) is 3.66. The third kappa shape index (κ3) is 5.42. The lowest BCUT2D eigenvalue weighted by molar-refractivity contribution is -0.127. The standard InChI is InChI=1S/C10H19NO2/c1-8(9(2)12)6-5-7-10(13)11(3)4/h5-6,8-9,12H,7H2,1-4H3/b6-5+. The highest BCUT2D eigenvalue weighted by Gasteiger charge is 2.04. The van der Waals surface area contributed by atoms with E-state index in [1.807, 2.05) is 13.0 Å². The molecule has 0 aliphatic rings. The van der Waals surface area contributed by atoms with Gasteiger partial charge in [-0.15, -0.1) is 0 Å². The van der Waals surface area contributed by atoms with Gasteiger partial charge in [0.05, 0.1) is 6.10 Å². The summed E-state index contributed by atoms with van der Waals surface area (Å²) in [5, 5.41) is 9.15. The zero-order valence-corrected chi connectivity index (χ0v) is 8.82. The fourth-order valence-corrected chi connectivity index (χ4v) is 0.727. The normalized spacial score (nSPS) is 15.8. The first kappa shape index (κ1) is 12.2. The van der Waals surface area contributed by atoms with E-state index in [9.17, 15) is 4.79 Å². The van der Waals surface area contributed by atoms with Crippen molar-refractivity contribution in [2.24, 2.45) is 5.92 Å². The molecule has 2 unspecified atom stereocenters. The topological polar surface area (TPSA) is 40.5 Å². The maximum atomic E-state index is 11.1. The zero-order chi connectivity index (χ0) is 10.4. The Hall–Kier alpha value is -0.830. The number of nitrogens with zero attached hydrogens (tertiary/aromatic N) is 1. The van der Waals surface area contributed by atoms with E-state index in [1.54, 1.807) is 32.0 Å². The van der Waals surface area contributed by atoms with Crippen LogP contribution in [0.1, 0.15) is 20.3 Å². The molecule has 1 amide bonds. The molecule has 0 saturated heterocycles. The van der Waals surface area contributed by atoms with Crippen molar-refractivity contribution in [3.05, 3.63) is 12.2 Å². The average Bonchev–Trinajstić information content (AvgIpc) is 2.03. The Labute approximate surface area is 80.0 Å². The van der Waals surface area contributed by atoms with Gasteiger partial charge in [0.25, 0.3) is 0 Å². The Morgan fingerprint density at radius 1 is 1.46 bits per heavy atom. The highest BCUT2D eigenvalue weighted by molar-refractivity contribution is 5.76. The van der Waals surface area contributed by atoms with Crippen molar-refractivity contribution in [1.29, 1.82) is 0 Å². The van der Waals surface area contributed by atoms with Gasteiger partial charge in [0.15, 0.2) is 0 Å². The maximum Gasteiger partial charge on any atom is 0.225 e. The molecule has 76 valence electrons. The highest BCUT2D eigenvalue weighted by Crippen LogP contribution is 2.04. The van der Waals surface area contributed by atoms with Crippen molar-refractivity contribution < 1.29 is 9.90 Å². The van der Waals surface area contributed by atoms with Crippen LogP contribution in [0.15, 0.2) is 12.2 Å². The van der Waals surface area contributed by atoms with Crippen LogP contribution in [0.2, 0.25) is 0 Å². The van der Waals surface area contributed by atoms with Crippen LogP contribution < -0.4 is 0 Å². The zero-order valence-electron chi connectivity index (χ0n) is 8.82. The first-order valence-corrected chi connectivity index (χ1v) is 4.50. The number of hydrogen-bond acceptors (Lipinski definition) is 2. The van der Waals surface area contributed by atoms with Gasteiger partial charge in [0, 0.05) is 20.5 Å². The number of aliphatic hydroxyl groups excluding tert-OH is 1. The molecule has 0 spiro atoms. The molecular formula is C10H19NO2. The van der Waals surface area contributed by atoms with Crippen LogP contribution in [0.4, 0.5) is 0 Å².